The summed E-state index contributed by atoms with van der Waals surface area (Å²) in [5.74, 6) is 1.85. The number of nitrogens with two attached hydrogens (primary N) is 1. The predicted molar refractivity (Wildman–Crippen MR) is 67.6 cm³/mol. The molecule has 0 saturated carbocycles. The zero-order valence-corrected chi connectivity index (χ0v) is 10.9. The van der Waals surface area contributed by atoms with Gasteiger partial charge in [0.05, 0.1) is 0 Å². The largest absolute Gasteiger partial charge is 0.466 e. The van der Waals surface area contributed by atoms with Crippen molar-refractivity contribution in [2.45, 2.75) is 33.6 Å². The molecule has 0 fully saturated rings. The average molecular weight is 238 g/mol. The molecule has 0 aromatic carbocycles. The molecular weight excluding hydrogens is 216 g/mol. The molecule has 1 aromatic heterocycles. The van der Waals surface area contributed by atoms with Crippen molar-refractivity contribution < 1.29 is 9.21 Å². The van der Waals surface area contributed by atoms with Gasteiger partial charge in [0, 0.05) is 18.4 Å². The molecule has 0 bridgehead atoms. The van der Waals surface area contributed by atoms with Crippen LogP contribution in [0.3, 0.4) is 0 Å². The second-order valence-corrected chi connectivity index (χ2v) is 4.94. The van der Waals surface area contributed by atoms with Gasteiger partial charge >= 0.3 is 0 Å². The lowest BCUT2D eigenvalue weighted by Crippen LogP contribution is -2.39. The monoisotopic (exact) mass is 238 g/mol. The van der Waals surface area contributed by atoms with Crippen molar-refractivity contribution in [2.75, 3.05) is 13.1 Å². The summed E-state index contributed by atoms with van der Waals surface area (Å²) in [6, 6.07) is 3.86. The molecule has 96 valence electrons. The van der Waals surface area contributed by atoms with Crippen molar-refractivity contribution in [3.63, 3.8) is 0 Å². The van der Waals surface area contributed by atoms with Gasteiger partial charge in [-0.05, 0) is 32.0 Å². The Morgan fingerprint density at radius 1 is 1.47 bits per heavy atom. The second-order valence-electron chi connectivity index (χ2n) is 4.94. The second kappa shape index (κ2) is 5.87. The molecular formula is C13H22N2O2. The summed E-state index contributed by atoms with van der Waals surface area (Å²) in [7, 11) is 0. The summed E-state index contributed by atoms with van der Waals surface area (Å²) in [5, 5.41) is 2.91. The maximum Gasteiger partial charge on any atom is 0.225 e. The third kappa shape index (κ3) is 4.23. The third-order valence-corrected chi connectivity index (χ3v) is 2.84. The summed E-state index contributed by atoms with van der Waals surface area (Å²) in [4.78, 5) is 11.9. The van der Waals surface area contributed by atoms with Crippen molar-refractivity contribution in [1.82, 2.24) is 5.32 Å². The van der Waals surface area contributed by atoms with E-state index in [4.69, 9.17) is 10.2 Å². The molecule has 3 N–H and O–H groups in total. The van der Waals surface area contributed by atoms with Gasteiger partial charge < -0.3 is 15.5 Å². The van der Waals surface area contributed by atoms with Gasteiger partial charge in [0.1, 0.15) is 11.5 Å². The van der Waals surface area contributed by atoms with Crippen molar-refractivity contribution in [1.29, 1.82) is 0 Å². The highest BCUT2D eigenvalue weighted by atomic mass is 16.3. The van der Waals surface area contributed by atoms with Crippen LogP contribution in [0.15, 0.2) is 16.5 Å². The number of nitrogens with one attached hydrogen (secondary N) is 1. The Balaban J connectivity index is 2.33. The van der Waals surface area contributed by atoms with Gasteiger partial charge in [0.15, 0.2) is 0 Å². The zero-order chi connectivity index (χ0) is 12.9. The minimum atomic E-state index is -0.395. The molecule has 0 saturated heterocycles. The number of rotatable bonds is 6. The van der Waals surface area contributed by atoms with Gasteiger partial charge in [-0.3, -0.25) is 4.79 Å². The number of carbonyl (C=O) groups excluding carboxylic acids is 1. The van der Waals surface area contributed by atoms with Gasteiger partial charge in [-0.25, -0.2) is 0 Å². The molecule has 1 amide bonds. The van der Waals surface area contributed by atoms with Crippen LogP contribution in [-0.2, 0) is 11.2 Å². The van der Waals surface area contributed by atoms with Crippen LogP contribution in [0.25, 0.3) is 0 Å². The van der Waals surface area contributed by atoms with E-state index in [9.17, 15) is 4.79 Å². The Morgan fingerprint density at radius 2 is 2.18 bits per heavy atom. The van der Waals surface area contributed by atoms with Crippen LogP contribution in [0.2, 0.25) is 0 Å². The predicted octanol–water partition coefficient (Wildman–Crippen LogP) is 1.62. The molecule has 0 aliphatic heterocycles. The van der Waals surface area contributed by atoms with Gasteiger partial charge in [-0.15, -0.1) is 0 Å². The molecule has 0 atom stereocenters. The van der Waals surface area contributed by atoms with Crippen LogP contribution in [-0.4, -0.2) is 19.0 Å². The zero-order valence-electron chi connectivity index (χ0n) is 10.9. The molecule has 0 aliphatic rings. The lowest BCUT2D eigenvalue weighted by Gasteiger charge is -2.22. The van der Waals surface area contributed by atoms with Crippen molar-refractivity contribution in [3.8, 4) is 0 Å². The van der Waals surface area contributed by atoms with Crippen molar-refractivity contribution in [3.05, 3.63) is 23.7 Å². The topological polar surface area (TPSA) is 68.3 Å². The van der Waals surface area contributed by atoms with E-state index < -0.39 is 5.41 Å². The van der Waals surface area contributed by atoms with Gasteiger partial charge in [-0.2, -0.15) is 0 Å². The SMILES string of the molecule is Cc1ccc(CCNC(=O)C(C)(C)CCN)o1. The number of aryl methyl sites for hydroxylation is 1. The number of furan rings is 1. The van der Waals surface area contributed by atoms with Crippen LogP contribution in [0.5, 0.6) is 0 Å². The Bertz CT molecular complexity index is 369. The standard InChI is InChI=1S/C13H22N2O2/c1-10-4-5-11(17-10)6-9-15-12(16)13(2,3)7-8-14/h4-5H,6-9,14H2,1-3H3,(H,15,16). The van der Waals surface area contributed by atoms with Crippen molar-refractivity contribution >= 4 is 5.91 Å². The van der Waals surface area contributed by atoms with E-state index in [-0.39, 0.29) is 5.91 Å². The molecule has 0 unspecified atom stereocenters. The molecule has 4 heteroatoms. The lowest BCUT2D eigenvalue weighted by molar-refractivity contribution is -0.129. The van der Waals surface area contributed by atoms with E-state index in [2.05, 4.69) is 5.32 Å². The summed E-state index contributed by atoms with van der Waals surface area (Å²) in [6.45, 7) is 6.85. The first-order valence-electron chi connectivity index (χ1n) is 5.99. The third-order valence-electron chi connectivity index (χ3n) is 2.84. The quantitative estimate of drug-likeness (QED) is 0.791. The minimum Gasteiger partial charge on any atom is -0.466 e. The van der Waals surface area contributed by atoms with Crippen LogP contribution < -0.4 is 11.1 Å². The first-order chi connectivity index (χ1) is 7.95. The Morgan fingerprint density at radius 3 is 2.71 bits per heavy atom. The van der Waals surface area contributed by atoms with E-state index in [1.807, 2.05) is 32.9 Å². The van der Waals surface area contributed by atoms with E-state index >= 15 is 0 Å². The van der Waals surface area contributed by atoms with E-state index in [1.54, 1.807) is 0 Å². The molecule has 1 aromatic rings. The molecule has 17 heavy (non-hydrogen) atoms. The number of carbonyl (C=O) groups is 1. The van der Waals surface area contributed by atoms with E-state index in [0.717, 1.165) is 17.9 Å². The maximum absolute atomic E-state index is 11.9. The molecule has 0 aliphatic carbocycles. The van der Waals surface area contributed by atoms with Gasteiger partial charge in [0.2, 0.25) is 5.91 Å². The van der Waals surface area contributed by atoms with Crippen LogP contribution >= 0.6 is 0 Å². The Labute approximate surface area is 103 Å². The Kier molecular flexibility index (Phi) is 4.75. The molecule has 0 radical (unpaired) electrons. The molecule has 1 heterocycles. The van der Waals surface area contributed by atoms with E-state index in [0.29, 0.717) is 19.5 Å². The Hall–Kier alpha value is -1.29. The number of amides is 1. The number of hydrogen-bond acceptors (Lipinski definition) is 3. The summed E-state index contributed by atoms with van der Waals surface area (Å²) in [5.41, 5.74) is 5.08. The smallest absolute Gasteiger partial charge is 0.225 e. The first kappa shape index (κ1) is 13.8. The van der Waals surface area contributed by atoms with E-state index in [1.165, 1.54) is 0 Å². The van der Waals surface area contributed by atoms with Gasteiger partial charge in [0.25, 0.3) is 0 Å². The fraction of sp³-hybridized carbons (Fsp3) is 0.615. The fourth-order valence-corrected chi connectivity index (χ4v) is 1.63. The van der Waals surface area contributed by atoms with Crippen LogP contribution in [0, 0.1) is 12.3 Å². The van der Waals surface area contributed by atoms with Gasteiger partial charge in [-0.1, -0.05) is 13.8 Å². The highest BCUT2D eigenvalue weighted by Gasteiger charge is 2.25. The average Bonchev–Trinajstić information content (AvgIpc) is 2.64. The summed E-state index contributed by atoms with van der Waals surface area (Å²) < 4.78 is 5.43. The van der Waals surface area contributed by atoms with Crippen LogP contribution in [0.1, 0.15) is 31.8 Å². The molecule has 0 spiro atoms. The minimum absolute atomic E-state index is 0.0474. The fourth-order valence-electron chi connectivity index (χ4n) is 1.63. The van der Waals surface area contributed by atoms with Crippen LogP contribution in [0.4, 0.5) is 0 Å². The maximum atomic E-state index is 11.9. The highest BCUT2D eigenvalue weighted by molar-refractivity contribution is 5.81. The normalized spacial score (nSPS) is 11.5. The van der Waals surface area contributed by atoms with Crippen molar-refractivity contribution in [2.24, 2.45) is 11.1 Å². The first-order valence-corrected chi connectivity index (χ1v) is 5.99. The number of hydrogen-bond donors (Lipinski definition) is 2. The highest BCUT2D eigenvalue weighted by Crippen LogP contribution is 2.19. The summed E-state index contributed by atoms with van der Waals surface area (Å²) >= 11 is 0. The molecule has 1 rings (SSSR count). The summed E-state index contributed by atoms with van der Waals surface area (Å²) in [6.07, 6.45) is 1.41. The lowest BCUT2D eigenvalue weighted by atomic mass is 9.88. The molecule has 4 nitrogen and oxygen atoms in total.